The van der Waals surface area contributed by atoms with Crippen LogP contribution < -0.4 is 16.0 Å². The number of nitrogens with one attached hydrogen (secondary N) is 3. The van der Waals surface area contributed by atoms with Gasteiger partial charge < -0.3 is 10.6 Å². The molecule has 0 spiro atoms. The molecule has 0 saturated carbocycles. The summed E-state index contributed by atoms with van der Waals surface area (Å²) in [6, 6.07) is 11.0. The third-order valence-corrected chi connectivity index (χ3v) is 5.70. The molecule has 0 radical (unpaired) electrons. The molecule has 9 nitrogen and oxygen atoms in total. The van der Waals surface area contributed by atoms with E-state index in [1.54, 1.807) is 30.3 Å². The van der Waals surface area contributed by atoms with Gasteiger partial charge in [0.15, 0.2) is 0 Å². The summed E-state index contributed by atoms with van der Waals surface area (Å²) in [5.41, 5.74) is 2.36. The zero-order valence-electron chi connectivity index (χ0n) is 18.1. The third kappa shape index (κ3) is 4.34. The van der Waals surface area contributed by atoms with Crippen LogP contribution in [0.15, 0.2) is 42.5 Å². The molecular weight excluding hydrogens is 424 g/mol. The average molecular weight is 448 g/mol. The largest absolute Gasteiger partial charge is 0.380 e. The van der Waals surface area contributed by atoms with Crippen molar-refractivity contribution >= 4 is 35.2 Å². The number of benzene rings is 2. The van der Waals surface area contributed by atoms with Crippen molar-refractivity contribution in [3.63, 3.8) is 0 Å². The van der Waals surface area contributed by atoms with Crippen LogP contribution in [-0.4, -0.2) is 47.0 Å². The highest BCUT2D eigenvalue weighted by Gasteiger charge is 2.45. The SMILES string of the molecule is CCCNC(=O)c1ccc(CNc2cccc3c2C(=O)N(C2CCC(=O)NC2=O)C3=O)cc1. The zero-order valence-corrected chi connectivity index (χ0v) is 18.1. The van der Waals surface area contributed by atoms with Gasteiger partial charge in [0.25, 0.3) is 17.7 Å². The van der Waals surface area contributed by atoms with E-state index in [1.807, 2.05) is 19.1 Å². The fourth-order valence-corrected chi connectivity index (χ4v) is 3.97. The minimum Gasteiger partial charge on any atom is -0.380 e. The number of anilines is 1. The van der Waals surface area contributed by atoms with Crippen molar-refractivity contribution in [2.75, 3.05) is 11.9 Å². The molecular formula is C24H24N4O5. The Hall–Kier alpha value is -4.01. The Morgan fingerprint density at radius 1 is 1.06 bits per heavy atom. The lowest BCUT2D eigenvalue weighted by molar-refractivity contribution is -0.136. The van der Waals surface area contributed by atoms with Crippen molar-refractivity contribution in [1.82, 2.24) is 15.5 Å². The van der Waals surface area contributed by atoms with Crippen molar-refractivity contribution in [3.05, 3.63) is 64.7 Å². The maximum absolute atomic E-state index is 13.1. The number of hydrogen-bond donors (Lipinski definition) is 3. The maximum atomic E-state index is 13.1. The molecule has 2 aromatic rings. The lowest BCUT2D eigenvalue weighted by Crippen LogP contribution is -2.54. The van der Waals surface area contributed by atoms with Crippen LogP contribution in [-0.2, 0) is 16.1 Å². The molecule has 3 N–H and O–H groups in total. The van der Waals surface area contributed by atoms with E-state index in [0.29, 0.717) is 24.3 Å². The highest BCUT2D eigenvalue weighted by Crippen LogP contribution is 2.32. The van der Waals surface area contributed by atoms with Crippen LogP contribution >= 0.6 is 0 Å². The first-order valence-corrected chi connectivity index (χ1v) is 10.9. The van der Waals surface area contributed by atoms with Crippen molar-refractivity contribution < 1.29 is 24.0 Å². The first kappa shape index (κ1) is 22.2. The van der Waals surface area contributed by atoms with E-state index in [1.165, 1.54) is 0 Å². The minimum atomic E-state index is -1.01. The minimum absolute atomic E-state index is 0.0708. The fraction of sp³-hybridized carbons (Fsp3) is 0.292. The number of carbonyl (C=O) groups is 5. The first-order valence-electron chi connectivity index (χ1n) is 10.9. The molecule has 1 atom stereocenters. The molecule has 2 aliphatic heterocycles. The van der Waals surface area contributed by atoms with Crippen LogP contribution in [0.2, 0.25) is 0 Å². The number of rotatable bonds is 7. The molecule has 0 aliphatic carbocycles. The van der Waals surface area contributed by atoms with Crippen LogP contribution in [0.3, 0.4) is 0 Å². The number of nitrogens with zero attached hydrogens (tertiary/aromatic N) is 1. The maximum Gasteiger partial charge on any atom is 0.264 e. The summed E-state index contributed by atoms with van der Waals surface area (Å²) in [5.74, 6) is -2.29. The normalized spacial score (nSPS) is 17.6. The Bertz CT molecular complexity index is 1140. The lowest BCUT2D eigenvalue weighted by Gasteiger charge is -2.27. The molecule has 0 aromatic heterocycles. The van der Waals surface area contributed by atoms with E-state index in [2.05, 4.69) is 16.0 Å². The third-order valence-electron chi connectivity index (χ3n) is 5.70. The second-order valence-electron chi connectivity index (χ2n) is 7.98. The summed E-state index contributed by atoms with van der Waals surface area (Å²) in [6.07, 6.45) is 1.04. The topological polar surface area (TPSA) is 125 Å². The summed E-state index contributed by atoms with van der Waals surface area (Å²) in [6.45, 7) is 2.97. The van der Waals surface area contributed by atoms with Gasteiger partial charge in [-0.05, 0) is 42.7 Å². The molecule has 33 heavy (non-hydrogen) atoms. The molecule has 2 aromatic carbocycles. The monoisotopic (exact) mass is 448 g/mol. The van der Waals surface area contributed by atoms with E-state index in [-0.39, 0.29) is 29.9 Å². The van der Waals surface area contributed by atoms with Crippen LogP contribution in [0.5, 0.6) is 0 Å². The van der Waals surface area contributed by atoms with Gasteiger partial charge in [0.1, 0.15) is 6.04 Å². The Morgan fingerprint density at radius 3 is 2.52 bits per heavy atom. The Kier molecular flexibility index (Phi) is 6.21. The van der Waals surface area contributed by atoms with Gasteiger partial charge in [-0.3, -0.25) is 34.2 Å². The fourth-order valence-electron chi connectivity index (χ4n) is 3.97. The number of hydrogen-bond acceptors (Lipinski definition) is 6. The van der Waals surface area contributed by atoms with E-state index in [0.717, 1.165) is 16.9 Å². The second-order valence-corrected chi connectivity index (χ2v) is 7.98. The molecule has 1 unspecified atom stereocenters. The molecule has 4 rings (SSSR count). The number of piperidine rings is 1. The van der Waals surface area contributed by atoms with Gasteiger partial charge >= 0.3 is 0 Å². The predicted molar refractivity (Wildman–Crippen MR) is 120 cm³/mol. The van der Waals surface area contributed by atoms with Crippen LogP contribution in [0, 0.1) is 0 Å². The number of fused-ring (bicyclic) bond motifs is 1. The van der Waals surface area contributed by atoms with Crippen molar-refractivity contribution in [3.8, 4) is 0 Å². The van der Waals surface area contributed by atoms with Gasteiger partial charge in [-0.15, -0.1) is 0 Å². The number of amides is 5. The molecule has 1 fully saturated rings. The van der Waals surface area contributed by atoms with Gasteiger partial charge in [-0.1, -0.05) is 25.1 Å². The van der Waals surface area contributed by atoms with E-state index >= 15 is 0 Å². The molecule has 0 bridgehead atoms. The molecule has 2 aliphatic rings. The molecule has 5 amide bonds. The van der Waals surface area contributed by atoms with E-state index in [9.17, 15) is 24.0 Å². The predicted octanol–water partition coefficient (Wildman–Crippen LogP) is 1.84. The van der Waals surface area contributed by atoms with Gasteiger partial charge in [-0.25, -0.2) is 0 Å². The summed E-state index contributed by atoms with van der Waals surface area (Å²) in [7, 11) is 0. The second kappa shape index (κ2) is 9.23. The average Bonchev–Trinajstić information content (AvgIpc) is 3.07. The Labute approximate surface area is 190 Å². The summed E-state index contributed by atoms with van der Waals surface area (Å²) >= 11 is 0. The van der Waals surface area contributed by atoms with E-state index < -0.39 is 29.7 Å². The summed E-state index contributed by atoms with van der Waals surface area (Å²) in [4.78, 5) is 62.7. The summed E-state index contributed by atoms with van der Waals surface area (Å²) in [5, 5.41) is 8.20. The van der Waals surface area contributed by atoms with Crippen LogP contribution in [0.25, 0.3) is 0 Å². The highest BCUT2D eigenvalue weighted by atomic mass is 16.2. The van der Waals surface area contributed by atoms with Gasteiger partial charge in [0, 0.05) is 30.8 Å². The summed E-state index contributed by atoms with van der Waals surface area (Å²) < 4.78 is 0. The van der Waals surface area contributed by atoms with E-state index in [4.69, 9.17) is 0 Å². The zero-order chi connectivity index (χ0) is 23.5. The molecule has 9 heteroatoms. The lowest BCUT2D eigenvalue weighted by atomic mass is 10.0. The van der Waals surface area contributed by atoms with Gasteiger partial charge in [-0.2, -0.15) is 0 Å². The molecule has 1 saturated heterocycles. The van der Waals surface area contributed by atoms with Crippen molar-refractivity contribution in [1.29, 1.82) is 0 Å². The van der Waals surface area contributed by atoms with Crippen molar-refractivity contribution in [2.45, 2.75) is 38.8 Å². The van der Waals surface area contributed by atoms with Crippen LogP contribution in [0.1, 0.15) is 62.8 Å². The number of imide groups is 2. The van der Waals surface area contributed by atoms with Crippen LogP contribution in [0.4, 0.5) is 5.69 Å². The standard InChI is InChI=1S/C24H24N4O5/c1-2-12-25-21(30)15-8-6-14(7-9-15)13-26-17-5-3-4-16-20(17)24(33)28(23(16)32)18-10-11-19(29)27-22(18)31/h3-9,18,26H,2,10-13H2,1H3,(H,25,30)(H,27,29,31). The Balaban J connectivity index is 1.49. The quantitative estimate of drug-likeness (QED) is 0.555. The highest BCUT2D eigenvalue weighted by molar-refractivity contribution is 6.25. The molecule has 170 valence electrons. The smallest absolute Gasteiger partial charge is 0.264 e. The molecule has 2 heterocycles. The van der Waals surface area contributed by atoms with Gasteiger partial charge in [0.05, 0.1) is 11.1 Å². The first-order chi connectivity index (χ1) is 15.9. The Morgan fingerprint density at radius 2 is 1.82 bits per heavy atom. The number of carbonyl (C=O) groups excluding carboxylic acids is 5. The van der Waals surface area contributed by atoms with Crippen molar-refractivity contribution in [2.24, 2.45) is 0 Å². The van der Waals surface area contributed by atoms with Gasteiger partial charge in [0.2, 0.25) is 11.8 Å².